The molecule has 164 valence electrons. The Morgan fingerprint density at radius 1 is 0.879 bits per heavy atom. The Bertz CT molecular complexity index is 1310. The summed E-state index contributed by atoms with van der Waals surface area (Å²) >= 11 is 3.31. The summed E-state index contributed by atoms with van der Waals surface area (Å²) in [5, 5.41) is 8.70. The summed E-state index contributed by atoms with van der Waals surface area (Å²) in [5.74, 6) is -0.995. The van der Waals surface area contributed by atoms with Crippen molar-refractivity contribution < 1.29 is 14.3 Å². The van der Waals surface area contributed by atoms with E-state index in [0.717, 1.165) is 21.0 Å². The second kappa shape index (κ2) is 10.6. The van der Waals surface area contributed by atoms with Gasteiger partial charge in [-0.25, -0.2) is 5.43 Å². The van der Waals surface area contributed by atoms with E-state index in [2.05, 4.69) is 50.0 Å². The first kappa shape index (κ1) is 22.2. The number of carbonyl (C=O) groups is 2. The van der Waals surface area contributed by atoms with Crippen molar-refractivity contribution >= 4 is 50.4 Å². The molecule has 0 aliphatic rings. The molecular formula is C26H20BrN3O3. The monoisotopic (exact) mass is 501 g/mol. The lowest BCUT2D eigenvalue weighted by molar-refractivity contribution is -0.136. The minimum Gasteiger partial charge on any atom is -0.489 e. The van der Waals surface area contributed by atoms with Gasteiger partial charge in [0.2, 0.25) is 0 Å². The molecule has 0 unspecified atom stereocenters. The Morgan fingerprint density at radius 2 is 1.64 bits per heavy atom. The molecule has 2 amide bonds. The van der Waals surface area contributed by atoms with Crippen LogP contribution in [0.25, 0.3) is 10.8 Å². The third kappa shape index (κ3) is 6.05. The van der Waals surface area contributed by atoms with Crippen molar-refractivity contribution in [1.82, 2.24) is 5.43 Å². The normalized spacial score (nSPS) is 10.8. The van der Waals surface area contributed by atoms with Gasteiger partial charge in [-0.2, -0.15) is 5.10 Å². The maximum absolute atomic E-state index is 12.0. The third-order valence-corrected chi connectivity index (χ3v) is 5.35. The number of carbonyl (C=O) groups excluding carboxylic acids is 2. The molecule has 0 fully saturated rings. The molecule has 0 aliphatic carbocycles. The van der Waals surface area contributed by atoms with Crippen LogP contribution < -0.4 is 15.5 Å². The molecule has 4 aromatic rings. The highest BCUT2D eigenvalue weighted by Gasteiger charge is 2.12. The van der Waals surface area contributed by atoms with E-state index in [0.29, 0.717) is 18.0 Å². The van der Waals surface area contributed by atoms with Gasteiger partial charge in [0.15, 0.2) is 0 Å². The molecule has 7 heteroatoms. The second-order valence-electron chi connectivity index (χ2n) is 7.16. The van der Waals surface area contributed by atoms with Gasteiger partial charge in [-0.15, -0.1) is 0 Å². The number of halogens is 1. The van der Waals surface area contributed by atoms with Gasteiger partial charge in [-0.1, -0.05) is 70.5 Å². The van der Waals surface area contributed by atoms with E-state index >= 15 is 0 Å². The standard InChI is InChI=1S/C26H20BrN3O3/c27-21-11-13-22(14-12-21)29-25(31)26(32)30-28-16-18-5-3-9-23(15-18)33-17-20-8-4-7-19-6-1-2-10-24(19)20/h1-16H,17H2,(H,29,31)(H,30,32)/b28-16+. The van der Waals surface area contributed by atoms with E-state index in [1.807, 2.05) is 48.5 Å². The van der Waals surface area contributed by atoms with Crippen LogP contribution in [0.4, 0.5) is 5.69 Å². The number of benzene rings is 4. The van der Waals surface area contributed by atoms with E-state index in [4.69, 9.17) is 4.74 Å². The van der Waals surface area contributed by atoms with E-state index in [-0.39, 0.29) is 0 Å². The lowest BCUT2D eigenvalue weighted by Gasteiger charge is -2.09. The first-order valence-electron chi connectivity index (χ1n) is 10.2. The first-order chi connectivity index (χ1) is 16.1. The van der Waals surface area contributed by atoms with Crippen molar-refractivity contribution in [3.8, 4) is 5.75 Å². The van der Waals surface area contributed by atoms with Crippen molar-refractivity contribution in [2.45, 2.75) is 6.61 Å². The minimum absolute atomic E-state index is 0.426. The SMILES string of the molecule is O=C(N/N=C/c1cccc(OCc2cccc3ccccc23)c1)C(=O)Nc1ccc(Br)cc1. The van der Waals surface area contributed by atoms with Crippen LogP contribution in [-0.2, 0) is 16.2 Å². The van der Waals surface area contributed by atoms with Crippen LogP contribution in [0.2, 0.25) is 0 Å². The molecule has 0 atom stereocenters. The Balaban J connectivity index is 1.33. The summed E-state index contributed by atoms with van der Waals surface area (Å²) in [6.45, 7) is 0.426. The van der Waals surface area contributed by atoms with Gasteiger partial charge in [0.05, 0.1) is 6.21 Å². The molecule has 0 saturated heterocycles. The fraction of sp³-hybridized carbons (Fsp3) is 0.0385. The molecule has 0 aliphatic heterocycles. The average Bonchev–Trinajstić information content (AvgIpc) is 2.84. The quantitative estimate of drug-likeness (QED) is 0.214. The van der Waals surface area contributed by atoms with Gasteiger partial charge >= 0.3 is 11.8 Å². The Kier molecular flexibility index (Phi) is 7.12. The van der Waals surface area contributed by atoms with Gasteiger partial charge < -0.3 is 10.1 Å². The van der Waals surface area contributed by atoms with Crippen molar-refractivity contribution in [3.05, 3.63) is 107 Å². The minimum atomic E-state index is -0.863. The molecule has 0 aromatic heterocycles. The largest absolute Gasteiger partial charge is 0.489 e. The second-order valence-corrected chi connectivity index (χ2v) is 8.08. The number of hydrogen-bond acceptors (Lipinski definition) is 4. The van der Waals surface area contributed by atoms with Crippen LogP contribution in [-0.4, -0.2) is 18.0 Å². The molecule has 6 nitrogen and oxygen atoms in total. The van der Waals surface area contributed by atoms with Crippen LogP contribution in [0.1, 0.15) is 11.1 Å². The predicted octanol–water partition coefficient (Wildman–Crippen LogP) is 5.27. The Morgan fingerprint density at radius 3 is 2.48 bits per heavy atom. The van der Waals surface area contributed by atoms with Crippen molar-refractivity contribution in [2.24, 2.45) is 5.10 Å². The summed E-state index contributed by atoms with van der Waals surface area (Å²) < 4.78 is 6.84. The Hall–Kier alpha value is -3.97. The average molecular weight is 502 g/mol. The zero-order chi connectivity index (χ0) is 23.0. The van der Waals surface area contributed by atoms with Crippen molar-refractivity contribution in [3.63, 3.8) is 0 Å². The predicted molar refractivity (Wildman–Crippen MR) is 133 cm³/mol. The maximum Gasteiger partial charge on any atom is 0.329 e. The van der Waals surface area contributed by atoms with Crippen LogP contribution in [0.3, 0.4) is 0 Å². The highest BCUT2D eigenvalue weighted by molar-refractivity contribution is 9.10. The number of ether oxygens (including phenoxy) is 1. The molecule has 33 heavy (non-hydrogen) atoms. The van der Waals surface area contributed by atoms with Crippen LogP contribution in [0.15, 0.2) is 101 Å². The number of rotatable bonds is 6. The summed E-state index contributed by atoms with van der Waals surface area (Å²) in [6, 6.07) is 28.5. The molecule has 4 aromatic carbocycles. The maximum atomic E-state index is 12.0. The van der Waals surface area contributed by atoms with E-state index in [1.54, 1.807) is 24.3 Å². The first-order valence-corrected chi connectivity index (χ1v) is 11.0. The molecule has 0 saturated carbocycles. The van der Waals surface area contributed by atoms with Crippen molar-refractivity contribution in [1.29, 1.82) is 0 Å². The number of fused-ring (bicyclic) bond motifs is 1. The van der Waals surface area contributed by atoms with Gasteiger partial charge in [-0.3, -0.25) is 9.59 Å². The lowest BCUT2D eigenvalue weighted by Crippen LogP contribution is -2.32. The van der Waals surface area contributed by atoms with Gasteiger partial charge in [0.1, 0.15) is 12.4 Å². The molecule has 2 N–H and O–H groups in total. The third-order valence-electron chi connectivity index (χ3n) is 4.82. The number of nitrogens with one attached hydrogen (secondary N) is 2. The molecule has 0 spiro atoms. The molecule has 0 heterocycles. The molecule has 4 rings (SSSR count). The topological polar surface area (TPSA) is 79.8 Å². The highest BCUT2D eigenvalue weighted by atomic mass is 79.9. The number of hydrazone groups is 1. The Labute approximate surface area is 199 Å². The zero-order valence-corrected chi connectivity index (χ0v) is 19.1. The summed E-state index contributed by atoms with van der Waals surface area (Å²) in [5.41, 5.74) is 4.56. The van der Waals surface area contributed by atoms with Gasteiger partial charge in [0, 0.05) is 10.2 Å². The summed E-state index contributed by atoms with van der Waals surface area (Å²) in [6.07, 6.45) is 1.45. The summed E-state index contributed by atoms with van der Waals surface area (Å²) in [4.78, 5) is 23.9. The van der Waals surface area contributed by atoms with Crippen LogP contribution >= 0.6 is 15.9 Å². The lowest BCUT2D eigenvalue weighted by atomic mass is 10.1. The smallest absolute Gasteiger partial charge is 0.329 e. The highest BCUT2D eigenvalue weighted by Crippen LogP contribution is 2.21. The molecular weight excluding hydrogens is 482 g/mol. The summed E-state index contributed by atoms with van der Waals surface area (Å²) in [7, 11) is 0. The van der Waals surface area contributed by atoms with E-state index in [9.17, 15) is 9.59 Å². The molecule has 0 radical (unpaired) electrons. The number of nitrogens with zero attached hydrogens (tertiary/aromatic N) is 1. The zero-order valence-electron chi connectivity index (χ0n) is 17.5. The number of hydrogen-bond donors (Lipinski definition) is 2. The van der Waals surface area contributed by atoms with Crippen molar-refractivity contribution in [2.75, 3.05) is 5.32 Å². The van der Waals surface area contributed by atoms with E-state index < -0.39 is 11.8 Å². The fourth-order valence-corrected chi connectivity index (χ4v) is 3.47. The van der Waals surface area contributed by atoms with Gasteiger partial charge in [0.25, 0.3) is 0 Å². The van der Waals surface area contributed by atoms with Crippen LogP contribution in [0.5, 0.6) is 5.75 Å². The number of anilines is 1. The number of amides is 2. The van der Waals surface area contributed by atoms with Gasteiger partial charge in [-0.05, 0) is 58.3 Å². The molecule has 0 bridgehead atoms. The van der Waals surface area contributed by atoms with Crippen LogP contribution in [0, 0.1) is 0 Å². The van der Waals surface area contributed by atoms with E-state index in [1.165, 1.54) is 11.6 Å². The fourth-order valence-electron chi connectivity index (χ4n) is 3.20.